The van der Waals surface area contributed by atoms with Crippen molar-refractivity contribution in [3.05, 3.63) is 35.9 Å². The Bertz CT molecular complexity index is 384. The first-order valence-electron chi connectivity index (χ1n) is 6.25. The highest BCUT2D eigenvalue weighted by atomic mass is 15.2. The molecular weight excluding hydrogens is 210 g/mol. The van der Waals surface area contributed by atoms with Crippen LogP contribution in [0.15, 0.2) is 35.3 Å². The minimum absolute atomic E-state index is 0.412. The first-order valence-corrected chi connectivity index (χ1v) is 6.25. The molecule has 0 aliphatic heterocycles. The Balaban J connectivity index is 1.87. The molecule has 0 spiro atoms. The van der Waals surface area contributed by atoms with Gasteiger partial charge < -0.3 is 10.6 Å². The van der Waals surface area contributed by atoms with Gasteiger partial charge in [-0.3, -0.25) is 4.99 Å². The molecule has 1 aliphatic carbocycles. The van der Waals surface area contributed by atoms with Crippen LogP contribution in [0.5, 0.6) is 0 Å². The fraction of sp³-hybridized carbons (Fsp3) is 0.500. The van der Waals surface area contributed by atoms with Crippen molar-refractivity contribution in [1.29, 1.82) is 0 Å². The molecule has 1 aromatic carbocycles. The summed E-state index contributed by atoms with van der Waals surface area (Å²) >= 11 is 0. The van der Waals surface area contributed by atoms with Gasteiger partial charge in [0.05, 0.1) is 0 Å². The monoisotopic (exact) mass is 231 g/mol. The zero-order chi connectivity index (χ0) is 12.3. The molecule has 0 amide bonds. The molecule has 0 heterocycles. The number of aliphatic imine (C=N–C) groups is 1. The molecule has 2 unspecified atom stereocenters. The van der Waals surface area contributed by atoms with Gasteiger partial charge in [-0.05, 0) is 25.8 Å². The molecule has 0 aromatic heterocycles. The van der Waals surface area contributed by atoms with Gasteiger partial charge in [0.2, 0.25) is 0 Å². The van der Waals surface area contributed by atoms with Crippen LogP contribution in [-0.4, -0.2) is 25.1 Å². The van der Waals surface area contributed by atoms with E-state index in [2.05, 4.69) is 59.8 Å². The number of guanidine groups is 1. The molecule has 92 valence electrons. The van der Waals surface area contributed by atoms with E-state index in [1.54, 1.807) is 0 Å². The molecule has 3 nitrogen and oxygen atoms in total. The standard InChI is InChI=1S/C14H21N3/c1-10(2)16-14(15-3)17-13-9-12(13)11-7-5-4-6-8-11/h4-8,10,12-13H,9H2,1-3H3,(H2,15,16,17). The number of nitrogens with zero attached hydrogens (tertiary/aromatic N) is 1. The van der Waals surface area contributed by atoms with Gasteiger partial charge in [0, 0.05) is 25.0 Å². The lowest BCUT2D eigenvalue weighted by Gasteiger charge is -2.14. The van der Waals surface area contributed by atoms with Gasteiger partial charge in [0.25, 0.3) is 0 Å². The summed E-state index contributed by atoms with van der Waals surface area (Å²) in [6, 6.07) is 11.6. The van der Waals surface area contributed by atoms with E-state index in [4.69, 9.17) is 0 Å². The lowest BCUT2D eigenvalue weighted by molar-refractivity contribution is 0.695. The summed E-state index contributed by atoms with van der Waals surface area (Å²) in [4.78, 5) is 4.23. The lowest BCUT2D eigenvalue weighted by atomic mass is 10.1. The molecule has 2 N–H and O–H groups in total. The zero-order valence-corrected chi connectivity index (χ0v) is 10.8. The second kappa shape index (κ2) is 5.21. The van der Waals surface area contributed by atoms with Gasteiger partial charge in [-0.25, -0.2) is 0 Å². The van der Waals surface area contributed by atoms with Crippen LogP contribution in [0.4, 0.5) is 0 Å². The van der Waals surface area contributed by atoms with Crippen molar-refractivity contribution < 1.29 is 0 Å². The Kier molecular flexibility index (Phi) is 3.67. The fourth-order valence-corrected chi connectivity index (χ4v) is 2.04. The molecule has 1 fully saturated rings. The molecule has 1 saturated carbocycles. The molecule has 1 aromatic rings. The maximum atomic E-state index is 4.23. The highest BCUT2D eigenvalue weighted by Crippen LogP contribution is 2.40. The largest absolute Gasteiger partial charge is 0.354 e. The Hall–Kier alpha value is -1.51. The maximum absolute atomic E-state index is 4.23. The number of hydrogen-bond donors (Lipinski definition) is 2. The van der Waals surface area contributed by atoms with Crippen LogP contribution >= 0.6 is 0 Å². The molecule has 0 bridgehead atoms. The van der Waals surface area contributed by atoms with Crippen LogP contribution in [0.1, 0.15) is 31.7 Å². The molecule has 0 saturated heterocycles. The molecule has 2 rings (SSSR count). The topological polar surface area (TPSA) is 36.4 Å². The van der Waals surface area contributed by atoms with Crippen LogP contribution in [0.3, 0.4) is 0 Å². The van der Waals surface area contributed by atoms with Gasteiger partial charge in [0.1, 0.15) is 0 Å². The van der Waals surface area contributed by atoms with Crippen LogP contribution < -0.4 is 10.6 Å². The van der Waals surface area contributed by atoms with Crippen molar-refractivity contribution in [2.75, 3.05) is 7.05 Å². The molecule has 3 heteroatoms. The van der Waals surface area contributed by atoms with Crippen LogP contribution in [0.25, 0.3) is 0 Å². The van der Waals surface area contributed by atoms with Gasteiger partial charge in [-0.15, -0.1) is 0 Å². The molecule has 1 aliphatic rings. The third-order valence-corrected chi connectivity index (χ3v) is 2.99. The van der Waals surface area contributed by atoms with Crippen molar-refractivity contribution in [3.63, 3.8) is 0 Å². The molecular formula is C14H21N3. The summed E-state index contributed by atoms with van der Waals surface area (Å²) in [6.07, 6.45) is 1.20. The van der Waals surface area contributed by atoms with Crippen molar-refractivity contribution in [1.82, 2.24) is 10.6 Å². The smallest absolute Gasteiger partial charge is 0.191 e. The predicted octanol–water partition coefficient (Wildman–Crippen LogP) is 2.12. The second-order valence-electron chi connectivity index (χ2n) is 4.87. The molecule has 0 radical (unpaired) electrons. The Labute approximate surface area is 103 Å². The third-order valence-electron chi connectivity index (χ3n) is 2.99. The van der Waals surface area contributed by atoms with E-state index in [0.717, 1.165) is 5.96 Å². The SMILES string of the molecule is CN=C(NC(C)C)NC1CC1c1ccccc1. The van der Waals surface area contributed by atoms with Crippen LogP contribution in [0.2, 0.25) is 0 Å². The first-order chi connectivity index (χ1) is 8.20. The van der Waals surface area contributed by atoms with Crippen molar-refractivity contribution >= 4 is 5.96 Å². The summed E-state index contributed by atoms with van der Waals surface area (Å²) < 4.78 is 0. The molecule has 2 atom stereocenters. The Morgan fingerprint density at radius 3 is 2.59 bits per heavy atom. The van der Waals surface area contributed by atoms with Gasteiger partial charge in [0.15, 0.2) is 5.96 Å². The van der Waals surface area contributed by atoms with E-state index in [1.165, 1.54) is 12.0 Å². The van der Waals surface area contributed by atoms with E-state index in [1.807, 2.05) is 7.05 Å². The van der Waals surface area contributed by atoms with E-state index in [0.29, 0.717) is 18.0 Å². The minimum Gasteiger partial charge on any atom is -0.354 e. The maximum Gasteiger partial charge on any atom is 0.191 e. The minimum atomic E-state index is 0.412. The predicted molar refractivity (Wildman–Crippen MR) is 72.4 cm³/mol. The summed E-state index contributed by atoms with van der Waals surface area (Å²) in [7, 11) is 1.82. The highest BCUT2D eigenvalue weighted by molar-refractivity contribution is 5.80. The van der Waals surface area contributed by atoms with E-state index in [9.17, 15) is 0 Å². The van der Waals surface area contributed by atoms with Crippen LogP contribution in [0, 0.1) is 0 Å². The van der Waals surface area contributed by atoms with E-state index >= 15 is 0 Å². The second-order valence-corrected chi connectivity index (χ2v) is 4.87. The lowest BCUT2D eigenvalue weighted by Crippen LogP contribution is -2.42. The average molecular weight is 231 g/mol. The fourth-order valence-electron chi connectivity index (χ4n) is 2.04. The average Bonchev–Trinajstić information content (AvgIpc) is 3.08. The van der Waals surface area contributed by atoms with E-state index in [-0.39, 0.29) is 0 Å². The quantitative estimate of drug-likeness (QED) is 0.617. The number of rotatable bonds is 3. The van der Waals surface area contributed by atoms with Crippen molar-refractivity contribution in [2.45, 2.75) is 38.3 Å². The highest BCUT2D eigenvalue weighted by Gasteiger charge is 2.38. The Morgan fingerprint density at radius 1 is 1.29 bits per heavy atom. The van der Waals surface area contributed by atoms with Crippen LogP contribution in [-0.2, 0) is 0 Å². The zero-order valence-electron chi connectivity index (χ0n) is 10.8. The van der Waals surface area contributed by atoms with Crippen molar-refractivity contribution in [3.8, 4) is 0 Å². The van der Waals surface area contributed by atoms with Gasteiger partial charge >= 0.3 is 0 Å². The number of hydrogen-bond acceptors (Lipinski definition) is 1. The van der Waals surface area contributed by atoms with Gasteiger partial charge in [-0.1, -0.05) is 30.3 Å². The summed E-state index contributed by atoms with van der Waals surface area (Å²) in [5.74, 6) is 1.55. The summed E-state index contributed by atoms with van der Waals surface area (Å²) in [5.41, 5.74) is 1.42. The summed E-state index contributed by atoms with van der Waals surface area (Å²) in [6.45, 7) is 4.24. The summed E-state index contributed by atoms with van der Waals surface area (Å²) in [5, 5.41) is 6.77. The Morgan fingerprint density at radius 2 is 2.00 bits per heavy atom. The number of nitrogens with one attached hydrogen (secondary N) is 2. The number of benzene rings is 1. The molecule has 17 heavy (non-hydrogen) atoms. The van der Waals surface area contributed by atoms with Crippen molar-refractivity contribution in [2.24, 2.45) is 4.99 Å². The van der Waals surface area contributed by atoms with E-state index < -0.39 is 0 Å². The van der Waals surface area contributed by atoms with Gasteiger partial charge in [-0.2, -0.15) is 0 Å². The normalized spacial score (nSPS) is 23.6. The first kappa shape index (κ1) is 12.0. The third kappa shape index (κ3) is 3.22.